The van der Waals surface area contributed by atoms with Crippen molar-refractivity contribution in [3.63, 3.8) is 0 Å². The van der Waals surface area contributed by atoms with Crippen LogP contribution < -0.4 is 0 Å². The number of benzene rings is 1. The molecule has 88 valence electrons. The van der Waals surface area contributed by atoms with Gasteiger partial charge in [0.25, 0.3) is 0 Å². The van der Waals surface area contributed by atoms with Crippen LogP contribution in [0.2, 0.25) is 0 Å². The van der Waals surface area contributed by atoms with E-state index >= 15 is 0 Å². The molecule has 2 heteroatoms. The molecule has 0 fully saturated rings. The van der Waals surface area contributed by atoms with Crippen molar-refractivity contribution in [3.8, 4) is 0 Å². The maximum absolute atomic E-state index is 12.2. The molecule has 0 atom stereocenters. The molecular weight excluding hydrogens is 228 g/mol. The van der Waals surface area contributed by atoms with E-state index in [1.807, 2.05) is 35.0 Å². The van der Waals surface area contributed by atoms with Crippen LogP contribution in [0.25, 0.3) is 0 Å². The molecule has 17 heavy (non-hydrogen) atoms. The first-order chi connectivity index (χ1) is 8.16. The Morgan fingerprint density at radius 1 is 1.24 bits per heavy atom. The van der Waals surface area contributed by atoms with E-state index in [0.717, 1.165) is 17.5 Å². The molecule has 0 aliphatic heterocycles. The van der Waals surface area contributed by atoms with E-state index in [1.165, 1.54) is 5.56 Å². The fourth-order valence-electron chi connectivity index (χ4n) is 1.87. The average Bonchev–Trinajstić information content (AvgIpc) is 2.81. The third kappa shape index (κ3) is 3.04. The summed E-state index contributed by atoms with van der Waals surface area (Å²) in [5.41, 5.74) is 2.82. The van der Waals surface area contributed by atoms with Gasteiger partial charge in [-0.2, -0.15) is 11.3 Å². The van der Waals surface area contributed by atoms with Crippen molar-refractivity contribution in [2.24, 2.45) is 5.92 Å². The highest BCUT2D eigenvalue weighted by molar-refractivity contribution is 7.08. The number of rotatable bonds is 4. The topological polar surface area (TPSA) is 17.1 Å². The minimum absolute atomic E-state index is 0.122. The lowest BCUT2D eigenvalue weighted by molar-refractivity contribution is 0.103. The molecule has 1 nitrogen and oxygen atoms in total. The molecular formula is C15H16OS. The van der Waals surface area contributed by atoms with Crippen LogP contribution in [0.15, 0.2) is 41.1 Å². The molecule has 0 saturated heterocycles. The fourth-order valence-corrected chi connectivity index (χ4v) is 2.51. The summed E-state index contributed by atoms with van der Waals surface area (Å²) in [6.07, 6.45) is 1.02. The van der Waals surface area contributed by atoms with Crippen molar-refractivity contribution >= 4 is 17.1 Å². The van der Waals surface area contributed by atoms with Crippen LogP contribution in [-0.2, 0) is 6.42 Å². The van der Waals surface area contributed by atoms with Gasteiger partial charge in [0.2, 0.25) is 0 Å². The number of hydrogen-bond donors (Lipinski definition) is 0. The largest absolute Gasteiger partial charge is 0.289 e. The van der Waals surface area contributed by atoms with E-state index < -0.39 is 0 Å². The van der Waals surface area contributed by atoms with Gasteiger partial charge in [0.15, 0.2) is 5.78 Å². The zero-order valence-electron chi connectivity index (χ0n) is 10.1. The van der Waals surface area contributed by atoms with Crippen LogP contribution >= 0.6 is 11.3 Å². The molecule has 1 aromatic heterocycles. The molecule has 0 aliphatic carbocycles. The maximum Gasteiger partial charge on any atom is 0.193 e. The predicted octanol–water partition coefficient (Wildman–Crippen LogP) is 4.18. The van der Waals surface area contributed by atoms with Gasteiger partial charge in [0, 0.05) is 16.5 Å². The summed E-state index contributed by atoms with van der Waals surface area (Å²) in [7, 11) is 0. The quantitative estimate of drug-likeness (QED) is 0.737. The molecule has 0 bridgehead atoms. The summed E-state index contributed by atoms with van der Waals surface area (Å²) in [6, 6.07) is 9.84. The van der Waals surface area contributed by atoms with Gasteiger partial charge in [0.05, 0.1) is 0 Å². The highest BCUT2D eigenvalue weighted by atomic mass is 32.1. The summed E-state index contributed by atoms with van der Waals surface area (Å²) in [4.78, 5) is 12.2. The van der Waals surface area contributed by atoms with Gasteiger partial charge < -0.3 is 0 Å². The number of ketones is 1. The van der Waals surface area contributed by atoms with Gasteiger partial charge in [-0.1, -0.05) is 32.0 Å². The van der Waals surface area contributed by atoms with Crippen molar-refractivity contribution in [2.75, 3.05) is 0 Å². The molecule has 2 aromatic rings. The zero-order valence-corrected chi connectivity index (χ0v) is 11.0. The minimum Gasteiger partial charge on any atom is -0.289 e. The molecule has 1 aromatic carbocycles. The first kappa shape index (κ1) is 12.1. The Morgan fingerprint density at radius 3 is 2.71 bits per heavy atom. The van der Waals surface area contributed by atoms with Crippen molar-refractivity contribution in [3.05, 3.63) is 57.8 Å². The lowest BCUT2D eigenvalue weighted by Gasteiger charge is -2.06. The third-order valence-electron chi connectivity index (χ3n) is 2.62. The van der Waals surface area contributed by atoms with E-state index in [2.05, 4.69) is 19.9 Å². The third-order valence-corrected chi connectivity index (χ3v) is 3.30. The van der Waals surface area contributed by atoms with Crippen molar-refractivity contribution in [1.29, 1.82) is 0 Å². The normalized spacial score (nSPS) is 10.8. The standard InChI is InChI=1S/C15H16OS/c1-11(2)8-12-4-3-5-13(9-12)15(16)14-6-7-17-10-14/h3-7,9-11H,8H2,1-2H3. The Kier molecular flexibility index (Phi) is 3.75. The second kappa shape index (κ2) is 5.28. The second-order valence-corrected chi connectivity index (χ2v) is 5.42. The van der Waals surface area contributed by atoms with Crippen LogP contribution in [0.1, 0.15) is 35.3 Å². The van der Waals surface area contributed by atoms with Crippen LogP contribution in [0, 0.1) is 5.92 Å². The average molecular weight is 244 g/mol. The Balaban J connectivity index is 2.24. The summed E-state index contributed by atoms with van der Waals surface area (Å²) in [5, 5.41) is 3.84. The van der Waals surface area contributed by atoms with Gasteiger partial charge in [-0.3, -0.25) is 4.79 Å². The second-order valence-electron chi connectivity index (χ2n) is 4.64. The first-order valence-corrected chi connectivity index (χ1v) is 6.77. The highest BCUT2D eigenvalue weighted by Crippen LogP contribution is 2.16. The van der Waals surface area contributed by atoms with Crippen LogP contribution in [0.3, 0.4) is 0 Å². The molecule has 0 amide bonds. The van der Waals surface area contributed by atoms with Crippen LogP contribution in [-0.4, -0.2) is 5.78 Å². The van der Waals surface area contributed by atoms with Gasteiger partial charge in [0.1, 0.15) is 0 Å². The van der Waals surface area contributed by atoms with Crippen molar-refractivity contribution in [1.82, 2.24) is 0 Å². The molecule has 0 aliphatic rings. The number of hydrogen-bond acceptors (Lipinski definition) is 2. The Labute approximate surface area is 106 Å². The molecule has 0 saturated carbocycles. The predicted molar refractivity (Wildman–Crippen MR) is 72.7 cm³/mol. The van der Waals surface area contributed by atoms with Crippen molar-refractivity contribution in [2.45, 2.75) is 20.3 Å². The number of thiophene rings is 1. The minimum atomic E-state index is 0.122. The molecule has 1 heterocycles. The molecule has 0 N–H and O–H groups in total. The van der Waals surface area contributed by atoms with Gasteiger partial charge in [-0.25, -0.2) is 0 Å². The molecule has 0 radical (unpaired) electrons. The Bertz CT molecular complexity index is 497. The van der Waals surface area contributed by atoms with E-state index in [9.17, 15) is 4.79 Å². The lowest BCUT2D eigenvalue weighted by Crippen LogP contribution is -2.01. The van der Waals surface area contributed by atoms with Gasteiger partial charge >= 0.3 is 0 Å². The van der Waals surface area contributed by atoms with Crippen LogP contribution in [0.5, 0.6) is 0 Å². The van der Waals surface area contributed by atoms with Crippen LogP contribution in [0.4, 0.5) is 0 Å². The van der Waals surface area contributed by atoms with E-state index in [1.54, 1.807) is 11.3 Å². The van der Waals surface area contributed by atoms with E-state index in [0.29, 0.717) is 5.92 Å². The lowest BCUT2D eigenvalue weighted by atomic mass is 9.98. The van der Waals surface area contributed by atoms with Gasteiger partial charge in [-0.15, -0.1) is 0 Å². The molecule has 0 spiro atoms. The monoisotopic (exact) mass is 244 g/mol. The highest BCUT2D eigenvalue weighted by Gasteiger charge is 2.09. The fraction of sp³-hybridized carbons (Fsp3) is 0.267. The van der Waals surface area contributed by atoms with E-state index in [-0.39, 0.29) is 5.78 Å². The first-order valence-electron chi connectivity index (χ1n) is 5.82. The summed E-state index contributed by atoms with van der Waals surface area (Å²) in [6.45, 7) is 4.38. The zero-order chi connectivity index (χ0) is 12.3. The number of carbonyl (C=O) groups excluding carboxylic acids is 1. The smallest absolute Gasteiger partial charge is 0.193 e. The summed E-state index contributed by atoms with van der Waals surface area (Å²) >= 11 is 1.56. The summed E-state index contributed by atoms with van der Waals surface area (Å²) in [5.74, 6) is 0.735. The maximum atomic E-state index is 12.2. The Hall–Kier alpha value is -1.41. The van der Waals surface area contributed by atoms with Gasteiger partial charge in [-0.05, 0) is 35.4 Å². The number of carbonyl (C=O) groups is 1. The molecule has 0 unspecified atom stereocenters. The SMILES string of the molecule is CC(C)Cc1cccc(C(=O)c2ccsc2)c1. The molecule has 2 rings (SSSR count). The summed E-state index contributed by atoms with van der Waals surface area (Å²) < 4.78 is 0. The Morgan fingerprint density at radius 2 is 2.06 bits per heavy atom. The van der Waals surface area contributed by atoms with Crippen molar-refractivity contribution < 1.29 is 4.79 Å². The van der Waals surface area contributed by atoms with E-state index in [4.69, 9.17) is 0 Å².